The Bertz CT molecular complexity index is 413. The van der Waals surface area contributed by atoms with Gasteiger partial charge in [0.05, 0.1) is 19.8 Å². The minimum Gasteiger partial charge on any atom is -0.379 e. The molecule has 0 aromatic carbocycles. The standard InChI is InChI=1S/C19H35N3O2/c1-16(17-6-7-17)21(2)14-18(23)20-15-19(8-4-3-5-9-19)22-10-12-24-13-11-22/h16-17H,3-15H2,1-2H3,(H,20,23). The number of morpholine rings is 1. The zero-order chi connectivity index (χ0) is 17.0. The number of likely N-dealkylation sites (N-methyl/N-ethyl adjacent to an activating group) is 1. The summed E-state index contributed by atoms with van der Waals surface area (Å²) in [5.41, 5.74) is 0.165. The molecular weight excluding hydrogens is 302 g/mol. The third-order valence-electron chi connectivity index (χ3n) is 6.47. The van der Waals surface area contributed by atoms with Crippen molar-refractivity contribution in [2.45, 2.75) is 63.5 Å². The number of hydrogen-bond acceptors (Lipinski definition) is 4. The third-order valence-corrected chi connectivity index (χ3v) is 6.47. The summed E-state index contributed by atoms with van der Waals surface area (Å²) < 4.78 is 5.53. The van der Waals surface area contributed by atoms with Gasteiger partial charge in [-0.1, -0.05) is 19.3 Å². The van der Waals surface area contributed by atoms with Crippen molar-refractivity contribution in [3.63, 3.8) is 0 Å². The van der Waals surface area contributed by atoms with Gasteiger partial charge in [-0.15, -0.1) is 0 Å². The monoisotopic (exact) mass is 337 g/mol. The Labute approximate surface area is 147 Å². The van der Waals surface area contributed by atoms with E-state index < -0.39 is 0 Å². The minimum atomic E-state index is 0.165. The lowest BCUT2D eigenvalue weighted by Gasteiger charge is -2.48. The smallest absolute Gasteiger partial charge is 0.234 e. The van der Waals surface area contributed by atoms with Crippen LogP contribution in [0.3, 0.4) is 0 Å². The molecular formula is C19H35N3O2. The summed E-state index contributed by atoms with van der Waals surface area (Å²) in [5.74, 6) is 0.990. The first-order chi connectivity index (χ1) is 11.6. The highest BCUT2D eigenvalue weighted by atomic mass is 16.5. The van der Waals surface area contributed by atoms with E-state index in [0.29, 0.717) is 12.6 Å². The highest BCUT2D eigenvalue weighted by Crippen LogP contribution is 2.35. The van der Waals surface area contributed by atoms with Crippen LogP contribution in [0.1, 0.15) is 51.9 Å². The largest absolute Gasteiger partial charge is 0.379 e. The summed E-state index contributed by atoms with van der Waals surface area (Å²) >= 11 is 0. The number of nitrogens with zero attached hydrogens (tertiary/aromatic N) is 2. The molecule has 2 saturated carbocycles. The van der Waals surface area contributed by atoms with Gasteiger partial charge in [0, 0.05) is 31.2 Å². The average molecular weight is 338 g/mol. The third kappa shape index (κ3) is 4.50. The molecule has 1 saturated heterocycles. The predicted molar refractivity (Wildman–Crippen MR) is 96.0 cm³/mol. The number of amides is 1. The average Bonchev–Trinajstić information content (AvgIpc) is 3.46. The van der Waals surface area contributed by atoms with E-state index in [4.69, 9.17) is 4.74 Å². The molecule has 5 heteroatoms. The number of carbonyl (C=O) groups excluding carboxylic acids is 1. The van der Waals surface area contributed by atoms with E-state index in [1.54, 1.807) is 0 Å². The molecule has 2 aliphatic carbocycles. The Morgan fingerprint density at radius 2 is 1.92 bits per heavy atom. The normalized spacial score (nSPS) is 26.3. The van der Waals surface area contributed by atoms with Crippen molar-refractivity contribution < 1.29 is 9.53 Å². The second-order valence-corrected chi connectivity index (χ2v) is 8.15. The Hall–Kier alpha value is -0.650. The molecule has 3 aliphatic rings. The number of carbonyl (C=O) groups is 1. The van der Waals surface area contributed by atoms with Gasteiger partial charge in [-0.2, -0.15) is 0 Å². The predicted octanol–water partition coefficient (Wildman–Crippen LogP) is 1.87. The second-order valence-electron chi connectivity index (χ2n) is 8.15. The molecule has 0 spiro atoms. The zero-order valence-corrected chi connectivity index (χ0v) is 15.6. The SMILES string of the molecule is CC(C1CC1)N(C)CC(=O)NCC1(N2CCOCC2)CCCCC1. The van der Waals surface area contributed by atoms with Gasteiger partial charge >= 0.3 is 0 Å². The van der Waals surface area contributed by atoms with Crippen molar-refractivity contribution in [2.75, 3.05) is 46.4 Å². The molecule has 3 rings (SSSR count). The van der Waals surface area contributed by atoms with Crippen LogP contribution in [0.2, 0.25) is 0 Å². The van der Waals surface area contributed by atoms with Gasteiger partial charge < -0.3 is 10.1 Å². The van der Waals surface area contributed by atoms with Gasteiger partial charge in [-0.05, 0) is 45.6 Å². The molecule has 1 N–H and O–H groups in total. The molecule has 5 nitrogen and oxygen atoms in total. The number of ether oxygens (including phenoxy) is 1. The minimum absolute atomic E-state index is 0.165. The fourth-order valence-corrected chi connectivity index (χ4v) is 4.48. The Balaban J connectivity index is 1.51. The lowest BCUT2D eigenvalue weighted by Crippen LogP contribution is -2.60. The maximum atomic E-state index is 12.5. The van der Waals surface area contributed by atoms with Crippen LogP contribution in [0, 0.1) is 5.92 Å². The summed E-state index contributed by atoms with van der Waals surface area (Å²) in [6, 6.07) is 0.527. The van der Waals surface area contributed by atoms with E-state index >= 15 is 0 Å². The molecule has 0 radical (unpaired) electrons. The molecule has 0 aromatic heterocycles. The number of rotatable bonds is 7. The Morgan fingerprint density at radius 3 is 2.54 bits per heavy atom. The van der Waals surface area contributed by atoms with Crippen LogP contribution in [-0.2, 0) is 9.53 Å². The fourth-order valence-electron chi connectivity index (χ4n) is 4.48. The van der Waals surface area contributed by atoms with Gasteiger partial charge in [-0.3, -0.25) is 14.6 Å². The van der Waals surface area contributed by atoms with E-state index in [2.05, 4.69) is 29.1 Å². The van der Waals surface area contributed by atoms with Crippen LogP contribution < -0.4 is 5.32 Å². The topological polar surface area (TPSA) is 44.8 Å². The van der Waals surface area contributed by atoms with E-state index in [0.717, 1.165) is 38.8 Å². The summed E-state index contributed by atoms with van der Waals surface area (Å²) in [6.07, 6.45) is 8.98. The van der Waals surface area contributed by atoms with Gasteiger partial charge in [0.15, 0.2) is 0 Å². The summed E-state index contributed by atoms with van der Waals surface area (Å²) in [6.45, 7) is 7.26. The first-order valence-electron chi connectivity index (χ1n) is 9.90. The molecule has 1 atom stereocenters. The summed E-state index contributed by atoms with van der Waals surface area (Å²) in [7, 11) is 2.08. The highest BCUT2D eigenvalue weighted by Gasteiger charge is 2.39. The molecule has 24 heavy (non-hydrogen) atoms. The molecule has 1 heterocycles. The molecule has 138 valence electrons. The number of nitrogens with one attached hydrogen (secondary N) is 1. The van der Waals surface area contributed by atoms with E-state index in [-0.39, 0.29) is 11.4 Å². The maximum Gasteiger partial charge on any atom is 0.234 e. The molecule has 0 aromatic rings. The number of hydrogen-bond donors (Lipinski definition) is 1. The first-order valence-corrected chi connectivity index (χ1v) is 9.90. The van der Waals surface area contributed by atoms with Crippen LogP contribution in [0.5, 0.6) is 0 Å². The van der Waals surface area contributed by atoms with Crippen molar-refractivity contribution in [3.05, 3.63) is 0 Å². The lowest BCUT2D eigenvalue weighted by molar-refractivity contribution is -0.123. The lowest BCUT2D eigenvalue weighted by atomic mass is 9.79. The van der Waals surface area contributed by atoms with Crippen molar-refractivity contribution in [1.29, 1.82) is 0 Å². The molecule has 1 amide bonds. The summed E-state index contributed by atoms with van der Waals surface area (Å²) in [5, 5.41) is 3.27. The maximum absolute atomic E-state index is 12.5. The quantitative estimate of drug-likeness (QED) is 0.770. The van der Waals surface area contributed by atoms with Crippen molar-refractivity contribution in [3.8, 4) is 0 Å². The first kappa shape index (κ1) is 18.2. The fraction of sp³-hybridized carbons (Fsp3) is 0.947. The van der Waals surface area contributed by atoms with Gasteiger partial charge in [0.1, 0.15) is 0 Å². The van der Waals surface area contributed by atoms with E-state index in [1.807, 2.05) is 0 Å². The van der Waals surface area contributed by atoms with Crippen LogP contribution in [0.25, 0.3) is 0 Å². The van der Waals surface area contributed by atoms with Crippen LogP contribution in [-0.4, -0.2) is 73.7 Å². The molecule has 1 unspecified atom stereocenters. The van der Waals surface area contributed by atoms with Crippen LogP contribution >= 0.6 is 0 Å². The van der Waals surface area contributed by atoms with Gasteiger partial charge in [0.25, 0.3) is 0 Å². The molecule has 0 bridgehead atoms. The van der Waals surface area contributed by atoms with E-state index in [1.165, 1.54) is 44.9 Å². The second kappa shape index (κ2) is 8.15. The molecule has 1 aliphatic heterocycles. The van der Waals surface area contributed by atoms with Crippen molar-refractivity contribution >= 4 is 5.91 Å². The Morgan fingerprint density at radius 1 is 1.25 bits per heavy atom. The van der Waals surface area contributed by atoms with E-state index in [9.17, 15) is 4.79 Å². The summed E-state index contributed by atoms with van der Waals surface area (Å²) in [4.78, 5) is 17.3. The molecule has 3 fully saturated rings. The zero-order valence-electron chi connectivity index (χ0n) is 15.6. The van der Waals surface area contributed by atoms with Crippen molar-refractivity contribution in [1.82, 2.24) is 15.1 Å². The Kier molecular flexibility index (Phi) is 6.17. The highest BCUT2D eigenvalue weighted by molar-refractivity contribution is 5.78. The van der Waals surface area contributed by atoms with Crippen LogP contribution in [0.4, 0.5) is 0 Å². The van der Waals surface area contributed by atoms with Gasteiger partial charge in [-0.25, -0.2) is 0 Å². The van der Waals surface area contributed by atoms with Crippen molar-refractivity contribution in [2.24, 2.45) is 5.92 Å². The van der Waals surface area contributed by atoms with Gasteiger partial charge in [0.2, 0.25) is 5.91 Å². The van der Waals surface area contributed by atoms with Crippen LogP contribution in [0.15, 0.2) is 0 Å².